The lowest BCUT2D eigenvalue weighted by atomic mass is 9.95. The Morgan fingerprint density at radius 1 is 1.11 bits per heavy atom. The van der Waals surface area contributed by atoms with Crippen molar-refractivity contribution in [1.29, 1.82) is 0 Å². The number of aromatic nitrogens is 3. The topological polar surface area (TPSA) is 80.4 Å². The first-order valence-electron chi connectivity index (χ1n) is 16.9. The summed E-state index contributed by atoms with van der Waals surface area (Å²) in [6, 6.07) is 3.56. The number of pyridine rings is 1. The van der Waals surface area contributed by atoms with Crippen molar-refractivity contribution in [2.24, 2.45) is 5.92 Å². The van der Waals surface area contributed by atoms with Gasteiger partial charge in [-0.1, -0.05) is 18.8 Å². The second-order valence-electron chi connectivity index (χ2n) is 13.1. The van der Waals surface area contributed by atoms with Gasteiger partial charge in [-0.3, -0.25) is 9.88 Å². The van der Waals surface area contributed by atoms with Gasteiger partial charge in [0, 0.05) is 48.4 Å². The molecule has 1 aliphatic carbocycles. The first-order chi connectivity index (χ1) is 23.0. The fourth-order valence-electron chi connectivity index (χ4n) is 7.92. The van der Waals surface area contributed by atoms with E-state index in [2.05, 4.69) is 20.8 Å². The van der Waals surface area contributed by atoms with Crippen LogP contribution >= 0.6 is 0 Å². The van der Waals surface area contributed by atoms with Gasteiger partial charge in [-0.05, 0) is 68.2 Å². The number of halogens is 4. The average Bonchev–Trinajstić information content (AvgIpc) is 3.51. The number of nitrogen functional groups attached to an aromatic ring is 1. The molecule has 5 heterocycles. The van der Waals surface area contributed by atoms with Crippen molar-refractivity contribution in [2.45, 2.75) is 69.1 Å². The fourth-order valence-corrected chi connectivity index (χ4v) is 7.92. The van der Waals surface area contributed by atoms with Crippen LogP contribution in [0.4, 0.5) is 29.1 Å². The Hall–Kier alpha value is -4.17. The molecule has 46 heavy (non-hydrogen) atoms. The number of hydrogen-bond donors (Lipinski definition) is 1. The Labute approximate surface area is 267 Å². The number of hydrogen-bond acceptors (Lipinski definition) is 7. The number of terminal acetylenes is 1. The third-order valence-corrected chi connectivity index (χ3v) is 10.2. The Bertz CT molecular complexity index is 2020. The summed E-state index contributed by atoms with van der Waals surface area (Å²) in [6.45, 7) is -1.08. The van der Waals surface area contributed by atoms with Crippen LogP contribution < -0.4 is 15.4 Å². The summed E-state index contributed by atoms with van der Waals surface area (Å²) in [5, 5.41) is 0.524. The SMILES string of the molecule is [2H]C([2H])(Oc1nc(N2CCCCC[C@H]3C[C@H]32)c2cnc(-c3cc(N)cc4cc(F)c(F)c(C#C)c34)c(F)c2n1)[C@@]12CCCN1C[C@H](F)C2. The number of nitrogens with zero attached hydrogens (tertiary/aromatic N) is 5. The molecule has 0 radical (unpaired) electrons. The molecule has 2 N–H and O–H groups in total. The lowest BCUT2D eigenvalue weighted by Gasteiger charge is -2.31. The molecule has 0 spiro atoms. The van der Waals surface area contributed by atoms with E-state index in [1.165, 1.54) is 18.3 Å². The van der Waals surface area contributed by atoms with E-state index in [9.17, 15) is 13.2 Å². The van der Waals surface area contributed by atoms with Crippen LogP contribution in [0.5, 0.6) is 6.01 Å². The third kappa shape index (κ3) is 4.72. The Morgan fingerprint density at radius 2 is 1.98 bits per heavy atom. The van der Waals surface area contributed by atoms with Crippen LogP contribution in [-0.4, -0.2) is 63.8 Å². The van der Waals surface area contributed by atoms with Gasteiger partial charge in [0.1, 0.15) is 29.8 Å². The van der Waals surface area contributed by atoms with Crippen molar-refractivity contribution in [1.82, 2.24) is 19.9 Å². The van der Waals surface area contributed by atoms with Gasteiger partial charge in [0.05, 0.1) is 19.2 Å². The molecule has 11 heteroatoms. The van der Waals surface area contributed by atoms with E-state index in [1.807, 2.05) is 0 Å². The molecule has 3 saturated heterocycles. The molecule has 4 atom stereocenters. The molecule has 4 aliphatic rings. The van der Waals surface area contributed by atoms with E-state index in [4.69, 9.17) is 24.6 Å². The van der Waals surface area contributed by atoms with Crippen LogP contribution in [0, 0.1) is 35.7 Å². The summed E-state index contributed by atoms with van der Waals surface area (Å²) in [4.78, 5) is 17.5. The lowest BCUT2D eigenvalue weighted by molar-refractivity contribution is 0.107. The van der Waals surface area contributed by atoms with Crippen LogP contribution in [0.1, 0.15) is 59.7 Å². The number of ether oxygens (including phenoxy) is 1. The maximum atomic E-state index is 17.0. The van der Waals surface area contributed by atoms with E-state index in [1.54, 1.807) is 4.90 Å². The standard InChI is InChI=1S/C35H34F4N6O/c1-2-23-28-20(12-26(37)29(23)38)11-22(40)14-24(28)31-30(39)32-25(16-41-31)33(45-10-5-3-4-7-19-13-27(19)45)43-34(42-32)46-18-35-8-6-9-44(35)17-21(36)15-35/h1,11-12,14,16,19,21,27H,3-10,13,15,17-18,40H2/t19-,21+,27+,35-/m0/s1/i18D2. The van der Waals surface area contributed by atoms with Crippen LogP contribution in [-0.2, 0) is 0 Å². The van der Waals surface area contributed by atoms with Crippen molar-refractivity contribution in [3.8, 4) is 29.6 Å². The van der Waals surface area contributed by atoms with Gasteiger partial charge in [-0.2, -0.15) is 9.97 Å². The number of rotatable bonds is 5. The molecule has 7 nitrogen and oxygen atoms in total. The Morgan fingerprint density at radius 3 is 2.83 bits per heavy atom. The van der Waals surface area contributed by atoms with E-state index in [0.29, 0.717) is 43.1 Å². The fraction of sp³-hybridized carbons (Fsp3) is 0.457. The summed E-state index contributed by atoms with van der Waals surface area (Å²) in [6.07, 6.45) is 12.0. The molecule has 2 aromatic heterocycles. The first kappa shape index (κ1) is 27.0. The van der Waals surface area contributed by atoms with Crippen molar-refractivity contribution in [3.05, 3.63) is 47.4 Å². The third-order valence-electron chi connectivity index (χ3n) is 10.2. The van der Waals surface area contributed by atoms with Gasteiger partial charge in [0.2, 0.25) is 0 Å². The maximum Gasteiger partial charge on any atom is 0.319 e. The zero-order chi connectivity index (χ0) is 33.5. The number of alkyl halides is 1. The number of anilines is 2. The molecule has 2 aromatic carbocycles. The highest BCUT2D eigenvalue weighted by Gasteiger charge is 2.49. The number of benzene rings is 2. The van der Waals surface area contributed by atoms with Gasteiger partial charge >= 0.3 is 6.01 Å². The van der Waals surface area contributed by atoms with Crippen molar-refractivity contribution < 1.29 is 25.0 Å². The summed E-state index contributed by atoms with van der Waals surface area (Å²) in [5.41, 5.74) is 4.28. The zero-order valence-corrected chi connectivity index (χ0v) is 25.1. The largest absolute Gasteiger partial charge is 0.461 e. The van der Waals surface area contributed by atoms with Gasteiger partial charge in [-0.15, -0.1) is 6.42 Å². The van der Waals surface area contributed by atoms with Gasteiger partial charge in [-0.25, -0.2) is 17.6 Å². The Balaban J connectivity index is 1.32. The van der Waals surface area contributed by atoms with E-state index in [-0.39, 0.29) is 58.3 Å². The van der Waals surface area contributed by atoms with Crippen LogP contribution in [0.2, 0.25) is 0 Å². The normalized spacial score (nSPS) is 27.0. The zero-order valence-electron chi connectivity index (χ0n) is 27.1. The molecule has 8 rings (SSSR count). The monoisotopic (exact) mass is 632 g/mol. The lowest BCUT2D eigenvalue weighted by Crippen LogP contribution is -2.43. The average molecular weight is 633 g/mol. The first-order valence-corrected chi connectivity index (χ1v) is 15.9. The summed E-state index contributed by atoms with van der Waals surface area (Å²) in [7, 11) is 0. The molecule has 0 unspecified atom stereocenters. The summed E-state index contributed by atoms with van der Waals surface area (Å²) in [5.74, 6) is -0.297. The highest BCUT2D eigenvalue weighted by molar-refractivity contribution is 6.03. The molecular formula is C35H34F4N6O. The number of nitrogens with two attached hydrogens (primary N) is 1. The minimum Gasteiger partial charge on any atom is -0.461 e. The minimum absolute atomic E-state index is 0.0318. The van der Waals surface area contributed by atoms with Gasteiger partial charge in [0.15, 0.2) is 17.5 Å². The molecular weight excluding hydrogens is 596 g/mol. The maximum absolute atomic E-state index is 17.0. The molecule has 4 fully saturated rings. The van der Waals surface area contributed by atoms with Crippen molar-refractivity contribution in [2.75, 3.05) is 36.8 Å². The van der Waals surface area contributed by atoms with Crippen LogP contribution in [0.15, 0.2) is 24.4 Å². The van der Waals surface area contributed by atoms with Gasteiger partial charge in [0.25, 0.3) is 0 Å². The molecule has 238 valence electrons. The molecule has 4 aromatic rings. The summed E-state index contributed by atoms with van der Waals surface area (Å²) >= 11 is 0. The van der Waals surface area contributed by atoms with Gasteiger partial charge < -0.3 is 15.4 Å². The van der Waals surface area contributed by atoms with Crippen molar-refractivity contribution in [3.63, 3.8) is 0 Å². The van der Waals surface area contributed by atoms with E-state index in [0.717, 1.165) is 38.2 Å². The molecule has 0 amide bonds. The van der Waals surface area contributed by atoms with Crippen LogP contribution in [0.3, 0.4) is 0 Å². The molecule has 1 saturated carbocycles. The second kappa shape index (κ2) is 11.0. The number of fused-ring (bicyclic) bond motifs is 4. The van der Waals surface area contributed by atoms with Crippen molar-refractivity contribution >= 4 is 33.2 Å². The second-order valence-corrected chi connectivity index (χ2v) is 13.1. The summed E-state index contributed by atoms with van der Waals surface area (Å²) < 4.78 is 85.2. The molecule has 0 bridgehead atoms. The predicted molar refractivity (Wildman–Crippen MR) is 169 cm³/mol. The van der Waals surface area contributed by atoms with E-state index < -0.39 is 41.3 Å². The quantitative estimate of drug-likeness (QED) is 0.152. The van der Waals surface area contributed by atoms with E-state index >= 15 is 4.39 Å². The smallest absolute Gasteiger partial charge is 0.319 e. The highest BCUT2D eigenvalue weighted by Crippen LogP contribution is 2.46. The molecule has 3 aliphatic heterocycles. The highest BCUT2D eigenvalue weighted by atomic mass is 19.2. The Kier molecular flexibility index (Phi) is 6.44. The van der Waals surface area contributed by atoms with Crippen LogP contribution in [0.25, 0.3) is 32.9 Å². The minimum atomic E-state index is -2.40. The predicted octanol–water partition coefficient (Wildman–Crippen LogP) is 6.55.